The highest BCUT2D eigenvalue weighted by molar-refractivity contribution is 4.62. The first kappa shape index (κ1) is 7.56. The van der Waals surface area contributed by atoms with Gasteiger partial charge in [-0.3, -0.25) is 0 Å². The highest BCUT2D eigenvalue weighted by Gasteiger charge is 2.27. The molecule has 1 saturated heterocycles. The van der Waals surface area contributed by atoms with Crippen LogP contribution < -0.4 is 0 Å². The predicted octanol–water partition coefficient (Wildman–Crippen LogP) is 1.49. The van der Waals surface area contributed by atoms with E-state index in [2.05, 4.69) is 13.1 Å². The summed E-state index contributed by atoms with van der Waals surface area (Å²) in [7, 11) is 0. The van der Waals surface area contributed by atoms with Crippen molar-refractivity contribution in [1.29, 1.82) is 5.26 Å². The number of likely N-dealkylation sites (tertiary alicyclic amines) is 1. The van der Waals surface area contributed by atoms with Crippen LogP contribution in [-0.2, 0) is 0 Å². The smallest absolute Gasteiger partial charge is 0.224 e. The minimum atomic E-state index is 0.694. The maximum atomic E-state index is 8.86. The highest BCUT2D eigenvalue weighted by Crippen LogP contribution is 2.16. The van der Waals surface area contributed by atoms with Crippen LogP contribution in [0.4, 0.5) is 0 Å². The standard InChI is InChI=1S/C8H15N2/c1-2-10(8-9)6-4-3-5-7-10/h2-7H2,1H3/q+1. The van der Waals surface area contributed by atoms with E-state index in [0.29, 0.717) is 4.48 Å². The molecule has 0 atom stereocenters. The molecule has 0 saturated carbocycles. The number of rotatable bonds is 1. The molecule has 0 radical (unpaired) electrons. The zero-order valence-electron chi connectivity index (χ0n) is 6.64. The number of piperidine rings is 1. The van der Waals surface area contributed by atoms with Crippen molar-refractivity contribution < 1.29 is 4.48 Å². The van der Waals surface area contributed by atoms with Gasteiger partial charge in [0.2, 0.25) is 0 Å². The van der Waals surface area contributed by atoms with Gasteiger partial charge in [0, 0.05) is 0 Å². The number of hydrogen-bond acceptors (Lipinski definition) is 1. The molecule has 1 rings (SSSR count). The topological polar surface area (TPSA) is 23.8 Å². The molecule has 0 aromatic rings. The van der Waals surface area contributed by atoms with Crippen LogP contribution in [0.3, 0.4) is 0 Å². The van der Waals surface area contributed by atoms with Gasteiger partial charge in [-0.15, -0.1) is 5.26 Å². The summed E-state index contributed by atoms with van der Waals surface area (Å²) in [6.07, 6.45) is 6.20. The Kier molecular flexibility index (Phi) is 2.29. The first-order chi connectivity index (χ1) is 4.83. The van der Waals surface area contributed by atoms with E-state index in [1.54, 1.807) is 0 Å². The van der Waals surface area contributed by atoms with Gasteiger partial charge in [-0.2, -0.15) is 0 Å². The molecule has 10 heavy (non-hydrogen) atoms. The van der Waals surface area contributed by atoms with Crippen LogP contribution in [0.1, 0.15) is 26.2 Å². The van der Waals surface area contributed by atoms with Gasteiger partial charge >= 0.3 is 6.19 Å². The quantitative estimate of drug-likeness (QED) is 0.399. The Balaban J connectivity index is 2.55. The number of nitriles is 1. The zero-order chi connectivity index (χ0) is 7.45. The van der Waals surface area contributed by atoms with Crippen LogP contribution in [0.15, 0.2) is 0 Å². The van der Waals surface area contributed by atoms with Crippen molar-refractivity contribution in [3.05, 3.63) is 0 Å². The van der Waals surface area contributed by atoms with Crippen LogP contribution in [0.2, 0.25) is 0 Å². The van der Waals surface area contributed by atoms with Crippen molar-refractivity contribution in [3.63, 3.8) is 0 Å². The van der Waals surface area contributed by atoms with Gasteiger partial charge in [0.25, 0.3) is 0 Å². The highest BCUT2D eigenvalue weighted by atomic mass is 15.3. The van der Waals surface area contributed by atoms with Crippen molar-refractivity contribution in [2.75, 3.05) is 19.6 Å². The van der Waals surface area contributed by atoms with E-state index in [1.807, 2.05) is 0 Å². The van der Waals surface area contributed by atoms with E-state index in [4.69, 9.17) is 5.26 Å². The van der Waals surface area contributed by atoms with Crippen LogP contribution in [-0.4, -0.2) is 24.1 Å². The second-order valence-corrected chi connectivity index (χ2v) is 3.07. The van der Waals surface area contributed by atoms with Crippen molar-refractivity contribution in [2.45, 2.75) is 26.2 Å². The Morgan fingerprint density at radius 2 is 1.90 bits per heavy atom. The maximum absolute atomic E-state index is 8.86. The van der Waals surface area contributed by atoms with E-state index < -0.39 is 0 Å². The molecule has 0 bridgehead atoms. The second-order valence-electron chi connectivity index (χ2n) is 3.07. The molecule has 56 valence electrons. The number of quaternary nitrogens is 1. The molecule has 1 fully saturated rings. The normalized spacial score (nSPS) is 23.6. The van der Waals surface area contributed by atoms with Gasteiger partial charge in [0.1, 0.15) is 0 Å². The lowest BCUT2D eigenvalue weighted by atomic mass is 10.1. The Morgan fingerprint density at radius 3 is 2.20 bits per heavy atom. The molecule has 1 aliphatic rings. The third-order valence-corrected chi connectivity index (χ3v) is 2.49. The average Bonchev–Trinajstić information content (AvgIpc) is 2.06. The van der Waals surface area contributed by atoms with Gasteiger partial charge in [-0.25, -0.2) is 4.48 Å². The maximum Gasteiger partial charge on any atom is 0.308 e. The minimum Gasteiger partial charge on any atom is -0.224 e. The Labute approximate surface area is 62.7 Å². The Morgan fingerprint density at radius 1 is 1.30 bits per heavy atom. The van der Waals surface area contributed by atoms with Crippen LogP contribution >= 0.6 is 0 Å². The SMILES string of the molecule is CC[N+]1(C#N)CCCCC1. The number of hydrogen-bond donors (Lipinski definition) is 0. The largest absolute Gasteiger partial charge is 0.308 e. The second kappa shape index (κ2) is 3.03. The van der Waals surface area contributed by atoms with Crippen LogP contribution in [0.25, 0.3) is 0 Å². The summed E-state index contributed by atoms with van der Waals surface area (Å²) in [4.78, 5) is 0. The lowest BCUT2D eigenvalue weighted by Gasteiger charge is -2.31. The fourth-order valence-corrected chi connectivity index (χ4v) is 1.60. The molecule has 2 nitrogen and oxygen atoms in total. The third kappa shape index (κ3) is 1.30. The Hall–Kier alpha value is -0.550. The monoisotopic (exact) mass is 139 g/mol. The van der Waals surface area contributed by atoms with Crippen molar-refractivity contribution in [2.24, 2.45) is 0 Å². The van der Waals surface area contributed by atoms with Gasteiger partial charge in [0.15, 0.2) is 0 Å². The van der Waals surface area contributed by atoms with E-state index in [1.165, 1.54) is 19.3 Å². The van der Waals surface area contributed by atoms with Crippen molar-refractivity contribution >= 4 is 0 Å². The fourth-order valence-electron chi connectivity index (χ4n) is 1.60. The third-order valence-electron chi connectivity index (χ3n) is 2.49. The minimum absolute atomic E-state index is 0.694. The summed E-state index contributed by atoms with van der Waals surface area (Å²) in [5.74, 6) is 0. The summed E-state index contributed by atoms with van der Waals surface area (Å²) >= 11 is 0. The first-order valence-corrected chi connectivity index (χ1v) is 4.10. The van der Waals surface area contributed by atoms with Crippen molar-refractivity contribution in [1.82, 2.24) is 0 Å². The molecule has 0 aromatic carbocycles. The molecule has 2 heteroatoms. The lowest BCUT2D eigenvalue weighted by molar-refractivity contribution is -0.868. The van der Waals surface area contributed by atoms with Crippen LogP contribution in [0.5, 0.6) is 0 Å². The molecular formula is C8H15N2+. The molecule has 1 aliphatic heterocycles. The summed E-state index contributed by atoms with van der Waals surface area (Å²) in [5.41, 5.74) is 0. The summed E-state index contributed by atoms with van der Waals surface area (Å²) in [6.45, 7) is 5.24. The average molecular weight is 139 g/mol. The first-order valence-electron chi connectivity index (χ1n) is 4.10. The number of nitrogens with zero attached hydrogens (tertiary/aromatic N) is 2. The molecular weight excluding hydrogens is 124 g/mol. The molecule has 0 spiro atoms. The summed E-state index contributed by atoms with van der Waals surface area (Å²) < 4.78 is 0.694. The predicted molar refractivity (Wildman–Crippen MR) is 40.0 cm³/mol. The van der Waals surface area contributed by atoms with Gasteiger partial charge in [0.05, 0.1) is 19.6 Å². The summed E-state index contributed by atoms with van der Waals surface area (Å²) in [6, 6.07) is 0. The molecule has 0 amide bonds. The van der Waals surface area contributed by atoms with E-state index in [0.717, 1.165) is 19.6 Å². The molecule has 0 aromatic heterocycles. The molecule has 1 heterocycles. The van der Waals surface area contributed by atoms with Gasteiger partial charge < -0.3 is 0 Å². The fraction of sp³-hybridized carbons (Fsp3) is 0.875. The van der Waals surface area contributed by atoms with Crippen LogP contribution in [0, 0.1) is 11.5 Å². The van der Waals surface area contributed by atoms with E-state index in [9.17, 15) is 0 Å². The van der Waals surface area contributed by atoms with Crippen molar-refractivity contribution in [3.8, 4) is 6.19 Å². The molecule has 0 unspecified atom stereocenters. The molecule has 0 N–H and O–H groups in total. The molecule has 0 aliphatic carbocycles. The van der Waals surface area contributed by atoms with E-state index in [-0.39, 0.29) is 0 Å². The Bertz CT molecular complexity index is 140. The van der Waals surface area contributed by atoms with E-state index >= 15 is 0 Å². The summed E-state index contributed by atoms with van der Waals surface area (Å²) in [5, 5.41) is 8.86. The van der Waals surface area contributed by atoms with Gasteiger partial charge in [-0.05, 0) is 26.2 Å². The van der Waals surface area contributed by atoms with Gasteiger partial charge in [-0.1, -0.05) is 0 Å². The lowest BCUT2D eigenvalue weighted by Crippen LogP contribution is -2.46. The zero-order valence-corrected chi connectivity index (χ0v) is 6.64.